The molecule has 0 aliphatic heterocycles. The van der Waals surface area contributed by atoms with Gasteiger partial charge >= 0.3 is 6.18 Å². The third-order valence-corrected chi connectivity index (χ3v) is 5.06. The lowest BCUT2D eigenvalue weighted by Crippen LogP contribution is -2.50. The standard InChI is InChI=1S/C16H28F3NO/c1-11(2)13-6-8-15(9-7-13,10-20-14-4-5-14)21-12(3)16(17,18)19/h11-14,20H,4-10H2,1-3H3. The molecule has 0 amide bonds. The Kier molecular flexibility index (Phi) is 5.24. The number of rotatable bonds is 6. The fourth-order valence-corrected chi connectivity index (χ4v) is 3.23. The molecule has 0 aromatic heterocycles. The first-order valence-electron chi connectivity index (χ1n) is 8.20. The predicted octanol–water partition coefficient (Wildman–Crippen LogP) is 4.29. The van der Waals surface area contributed by atoms with E-state index in [-0.39, 0.29) is 0 Å². The zero-order chi connectivity index (χ0) is 15.7. The highest BCUT2D eigenvalue weighted by atomic mass is 19.4. The lowest BCUT2D eigenvalue weighted by atomic mass is 9.74. The summed E-state index contributed by atoms with van der Waals surface area (Å²) in [5.41, 5.74) is -0.636. The van der Waals surface area contributed by atoms with Gasteiger partial charge in [-0.05, 0) is 57.3 Å². The Morgan fingerprint density at radius 2 is 1.67 bits per heavy atom. The van der Waals surface area contributed by atoms with Gasteiger partial charge in [0, 0.05) is 12.6 Å². The Hall–Kier alpha value is -0.290. The van der Waals surface area contributed by atoms with E-state index in [1.54, 1.807) is 0 Å². The molecule has 5 heteroatoms. The first-order chi connectivity index (χ1) is 9.72. The fourth-order valence-electron chi connectivity index (χ4n) is 3.23. The van der Waals surface area contributed by atoms with Crippen LogP contribution in [0.25, 0.3) is 0 Å². The van der Waals surface area contributed by atoms with E-state index >= 15 is 0 Å². The molecule has 1 N–H and O–H groups in total. The molecule has 0 saturated heterocycles. The molecule has 0 bridgehead atoms. The monoisotopic (exact) mass is 307 g/mol. The van der Waals surface area contributed by atoms with Crippen molar-refractivity contribution in [1.82, 2.24) is 5.32 Å². The molecule has 0 aromatic carbocycles. The zero-order valence-electron chi connectivity index (χ0n) is 13.3. The van der Waals surface area contributed by atoms with Gasteiger partial charge in [0.05, 0.1) is 5.60 Å². The smallest absolute Gasteiger partial charge is 0.361 e. The highest BCUT2D eigenvalue weighted by Gasteiger charge is 2.45. The van der Waals surface area contributed by atoms with Crippen molar-refractivity contribution < 1.29 is 17.9 Å². The molecule has 2 nitrogen and oxygen atoms in total. The van der Waals surface area contributed by atoms with E-state index in [0.717, 1.165) is 45.4 Å². The van der Waals surface area contributed by atoms with Crippen molar-refractivity contribution in [1.29, 1.82) is 0 Å². The van der Waals surface area contributed by atoms with Gasteiger partial charge in [-0.2, -0.15) is 13.2 Å². The minimum atomic E-state index is -4.28. The van der Waals surface area contributed by atoms with Gasteiger partial charge < -0.3 is 10.1 Å². The highest BCUT2D eigenvalue weighted by Crippen LogP contribution is 2.40. The predicted molar refractivity (Wildman–Crippen MR) is 77.2 cm³/mol. The molecule has 0 spiro atoms. The van der Waals surface area contributed by atoms with Crippen molar-refractivity contribution in [2.24, 2.45) is 11.8 Å². The Balaban J connectivity index is 1.97. The van der Waals surface area contributed by atoms with E-state index in [1.807, 2.05) is 0 Å². The lowest BCUT2D eigenvalue weighted by molar-refractivity contribution is -0.253. The Morgan fingerprint density at radius 3 is 2.10 bits per heavy atom. The van der Waals surface area contributed by atoms with E-state index in [9.17, 15) is 13.2 Å². The molecule has 0 heterocycles. The van der Waals surface area contributed by atoms with E-state index in [0.29, 0.717) is 24.4 Å². The molecule has 124 valence electrons. The Morgan fingerprint density at radius 1 is 1.10 bits per heavy atom. The van der Waals surface area contributed by atoms with Crippen molar-refractivity contribution in [3.8, 4) is 0 Å². The zero-order valence-corrected chi connectivity index (χ0v) is 13.3. The van der Waals surface area contributed by atoms with Gasteiger partial charge in [-0.15, -0.1) is 0 Å². The summed E-state index contributed by atoms with van der Waals surface area (Å²) in [6, 6.07) is 0.495. The Labute approximate surface area is 125 Å². The van der Waals surface area contributed by atoms with Crippen molar-refractivity contribution in [3.63, 3.8) is 0 Å². The molecule has 1 atom stereocenters. The lowest BCUT2D eigenvalue weighted by Gasteiger charge is -2.43. The molecule has 0 aromatic rings. The highest BCUT2D eigenvalue weighted by molar-refractivity contribution is 4.94. The first-order valence-corrected chi connectivity index (χ1v) is 8.20. The molecule has 2 rings (SSSR count). The molecule has 2 fully saturated rings. The van der Waals surface area contributed by atoms with Crippen LogP contribution in [-0.2, 0) is 4.74 Å². The molecular formula is C16H28F3NO. The van der Waals surface area contributed by atoms with Crippen LogP contribution in [-0.4, -0.2) is 30.5 Å². The number of halogens is 3. The third kappa shape index (κ3) is 4.85. The van der Waals surface area contributed by atoms with Crippen LogP contribution in [0.4, 0.5) is 13.2 Å². The topological polar surface area (TPSA) is 21.3 Å². The van der Waals surface area contributed by atoms with Crippen molar-refractivity contribution in [2.75, 3.05) is 6.54 Å². The second-order valence-electron chi connectivity index (χ2n) is 7.22. The number of hydrogen-bond acceptors (Lipinski definition) is 2. The third-order valence-electron chi connectivity index (χ3n) is 5.06. The van der Waals surface area contributed by atoms with Crippen LogP contribution in [0.3, 0.4) is 0 Å². The SMILES string of the molecule is CC(C)C1CCC(CNC2CC2)(OC(C)C(F)(F)F)CC1. The van der Waals surface area contributed by atoms with Crippen molar-refractivity contribution in [3.05, 3.63) is 0 Å². The molecule has 1 unspecified atom stereocenters. The van der Waals surface area contributed by atoms with Gasteiger partial charge in [-0.1, -0.05) is 13.8 Å². The molecule has 21 heavy (non-hydrogen) atoms. The van der Waals surface area contributed by atoms with Crippen molar-refractivity contribution in [2.45, 2.75) is 83.2 Å². The molecule has 2 aliphatic rings. The maximum Gasteiger partial charge on any atom is 0.414 e. The molecule has 2 saturated carbocycles. The fraction of sp³-hybridized carbons (Fsp3) is 1.00. The van der Waals surface area contributed by atoms with Gasteiger partial charge in [0.15, 0.2) is 6.10 Å². The van der Waals surface area contributed by atoms with Gasteiger partial charge in [-0.3, -0.25) is 0 Å². The summed E-state index contributed by atoms with van der Waals surface area (Å²) >= 11 is 0. The average molecular weight is 307 g/mol. The normalized spacial score (nSPS) is 32.4. The minimum absolute atomic E-state index is 0.495. The quantitative estimate of drug-likeness (QED) is 0.790. The van der Waals surface area contributed by atoms with E-state index in [4.69, 9.17) is 4.74 Å². The van der Waals surface area contributed by atoms with Crippen molar-refractivity contribution >= 4 is 0 Å². The summed E-state index contributed by atoms with van der Waals surface area (Å²) in [5.74, 6) is 1.21. The first kappa shape index (κ1) is 17.1. The molecule has 2 aliphatic carbocycles. The van der Waals surface area contributed by atoms with Crippen LogP contribution >= 0.6 is 0 Å². The maximum absolute atomic E-state index is 12.8. The second-order valence-corrected chi connectivity index (χ2v) is 7.22. The Bertz CT molecular complexity index is 331. The summed E-state index contributed by atoms with van der Waals surface area (Å²) in [5, 5.41) is 3.38. The van der Waals surface area contributed by atoms with Crippen LogP contribution in [0.1, 0.15) is 59.3 Å². The molecular weight excluding hydrogens is 279 g/mol. The second kappa shape index (κ2) is 6.45. The average Bonchev–Trinajstić information content (AvgIpc) is 3.20. The number of hydrogen-bond donors (Lipinski definition) is 1. The van der Waals surface area contributed by atoms with Gasteiger partial charge in [0.25, 0.3) is 0 Å². The van der Waals surface area contributed by atoms with E-state index in [1.165, 1.54) is 0 Å². The number of alkyl halides is 3. The van der Waals surface area contributed by atoms with E-state index in [2.05, 4.69) is 19.2 Å². The summed E-state index contributed by atoms with van der Waals surface area (Å²) < 4.78 is 44.1. The summed E-state index contributed by atoms with van der Waals surface area (Å²) in [6.07, 6.45) is -0.288. The molecule has 0 radical (unpaired) electrons. The van der Waals surface area contributed by atoms with Crippen LogP contribution in [0, 0.1) is 11.8 Å². The summed E-state index contributed by atoms with van der Waals surface area (Å²) in [6.45, 7) is 6.08. The number of nitrogens with one attached hydrogen (secondary N) is 1. The van der Waals surface area contributed by atoms with Gasteiger partial charge in [0.1, 0.15) is 0 Å². The van der Waals surface area contributed by atoms with Crippen LogP contribution < -0.4 is 5.32 Å². The van der Waals surface area contributed by atoms with E-state index < -0.39 is 17.9 Å². The number of ether oxygens (including phenoxy) is 1. The van der Waals surface area contributed by atoms with Gasteiger partial charge in [0.2, 0.25) is 0 Å². The van der Waals surface area contributed by atoms with Crippen LogP contribution in [0.15, 0.2) is 0 Å². The largest absolute Gasteiger partial charge is 0.414 e. The maximum atomic E-state index is 12.8. The summed E-state index contributed by atoms with van der Waals surface area (Å²) in [7, 11) is 0. The van der Waals surface area contributed by atoms with Crippen LogP contribution in [0.5, 0.6) is 0 Å². The van der Waals surface area contributed by atoms with Gasteiger partial charge in [-0.25, -0.2) is 0 Å². The van der Waals surface area contributed by atoms with Crippen LogP contribution in [0.2, 0.25) is 0 Å². The summed E-state index contributed by atoms with van der Waals surface area (Å²) in [4.78, 5) is 0. The minimum Gasteiger partial charge on any atom is -0.361 e.